The number of aliphatic hydroxyl groups excluding tert-OH is 4. The molecule has 0 rings (SSSR count). The summed E-state index contributed by atoms with van der Waals surface area (Å²) in [7, 11) is 0. The second-order valence-corrected chi connectivity index (χ2v) is 2.91. The van der Waals surface area contributed by atoms with Gasteiger partial charge in [0.2, 0.25) is 0 Å². The third kappa shape index (κ3) is 6.54. The number of aliphatic hydroxyl groups is 4. The van der Waals surface area contributed by atoms with Crippen LogP contribution >= 0.6 is 0 Å². The van der Waals surface area contributed by atoms with Crippen LogP contribution in [0.5, 0.6) is 0 Å². The smallest absolute Gasteiger partial charge is 0.0563 e. The van der Waals surface area contributed by atoms with Crippen molar-refractivity contribution in [3.63, 3.8) is 0 Å². The lowest BCUT2D eigenvalue weighted by Crippen LogP contribution is -2.15. The molecule has 0 fully saturated rings. The topological polar surface area (TPSA) is 80.9 Å². The molecule has 4 nitrogen and oxygen atoms in total. The van der Waals surface area contributed by atoms with Crippen molar-refractivity contribution in [1.82, 2.24) is 0 Å². The molecule has 0 bridgehead atoms. The van der Waals surface area contributed by atoms with Crippen LogP contribution in [0.3, 0.4) is 0 Å². The first-order chi connectivity index (χ1) is 5.70. The van der Waals surface area contributed by atoms with Crippen molar-refractivity contribution in [3.8, 4) is 0 Å². The van der Waals surface area contributed by atoms with Crippen LogP contribution in [0.2, 0.25) is 0 Å². The van der Waals surface area contributed by atoms with Crippen LogP contribution in [0.25, 0.3) is 0 Å². The maximum Gasteiger partial charge on any atom is 0.0563 e. The van der Waals surface area contributed by atoms with Crippen LogP contribution < -0.4 is 0 Å². The highest BCUT2D eigenvalue weighted by molar-refractivity contribution is 4.60. The fourth-order valence-electron chi connectivity index (χ4n) is 0.971. The molecule has 0 aliphatic heterocycles. The van der Waals surface area contributed by atoms with Gasteiger partial charge in [-0.05, 0) is 25.7 Å². The first kappa shape index (κ1) is 11.8. The van der Waals surface area contributed by atoms with Crippen LogP contribution in [0, 0.1) is 0 Å². The minimum Gasteiger partial charge on any atom is -0.396 e. The third-order valence-electron chi connectivity index (χ3n) is 1.76. The molecule has 74 valence electrons. The van der Waals surface area contributed by atoms with Crippen molar-refractivity contribution in [1.29, 1.82) is 0 Å². The van der Waals surface area contributed by atoms with E-state index in [4.69, 9.17) is 20.4 Å². The molecular formula is C8H18O4. The first-order valence-electron chi connectivity index (χ1n) is 4.28. The van der Waals surface area contributed by atoms with Crippen LogP contribution in [0.1, 0.15) is 25.7 Å². The molecule has 4 N–H and O–H groups in total. The zero-order valence-electron chi connectivity index (χ0n) is 7.19. The summed E-state index contributed by atoms with van der Waals surface area (Å²) < 4.78 is 0. The molecule has 0 aromatic heterocycles. The van der Waals surface area contributed by atoms with E-state index in [0.717, 1.165) is 0 Å². The highest BCUT2D eigenvalue weighted by Gasteiger charge is 2.07. The van der Waals surface area contributed by atoms with E-state index in [9.17, 15) is 0 Å². The largest absolute Gasteiger partial charge is 0.396 e. The Kier molecular flexibility index (Phi) is 7.39. The Morgan fingerprint density at radius 2 is 1.00 bits per heavy atom. The van der Waals surface area contributed by atoms with Gasteiger partial charge in [0, 0.05) is 13.2 Å². The lowest BCUT2D eigenvalue weighted by atomic mass is 10.1. The Morgan fingerprint density at radius 1 is 0.667 bits per heavy atom. The van der Waals surface area contributed by atoms with E-state index in [1.54, 1.807) is 0 Å². The molecule has 2 unspecified atom stereocenters. The predicted octanol–water partition coefficient (Wildman–Crippen LogP) is -0.747. The summed E-state index contributed by atoms with van der Waals surface area (Å²) in [5.41, 5.74) is 0. The van der Waals surface area contributed by atoms with Crippen molar-refractivity contribution in [2.75, 3.05) is 13.2 Å². The molecule has 0 aliphatic rings. The molecule has 0 saturated heterocycles. The molecule has 0 spiro atoms. The number of hydrogen-bond donors (Lipinski definition) is 4. The van der Waals surface area contributed by atoms with Gasteiger partial charge in [0.1, 0.15) is 0 Å². The Morgan fingerprint density at radius 3 is 1.25 bits per heavy atom. The molecule has 4 heteroatoms. The summed E-state index contributed by atoms with van der Waals surface area (Å²) in [4.78, 5) is 0. The Labute approximate surface area is 72.5 Å². The first-order valence-corrected chi connectivity index (χ1v) is 4.28. The Bertz CT molecular complexity index is 85.1. The van der Waals surface area contributed by atoms with E-state index in [1.165, 1.54) is 0 Å². The maximum atomic E-state index is 9.13. The molecule has 0 heterocycles. The Balaban J connectivity index is 3.27. The lowest BCUT2D eigenvalue weighted by molar-refractivity contribution is 0.0818. The summed E-state index contributed by atoms with van der Waals surface area (Å²) in [6.45, 7) is -0.0610. The Hall–Kier alpha value is -0.160. The molecule has 0 amide bonds. The fraction of sp³-hybridized carbons (Fsp3) is 1.00. The van der Waals surface area contributed by atoms with Crippen molar-refractivity contribution >= 4 is 0 Å². The molecular weight excluding hydrogens is 160 g/mol. The van der Waals surface area contributed by atoms with Crippen molar-refractivity contribution in [2.24, 2.45) is 0 Å². The van der Waals surface area contributed by atoms with Gasteiger partial charge in [-0.2, -0.15) is 0 Å². The summed E-state index contributed by atoms with van der Waals surface area (Å²) >= 11 is 0. The quantitative estimate of drug-likeness (QED) is 0.413. The van der Waals surface area contributed by atoms with Gasteiger partial charge in [0.15, 0.2) is 0 Å². The number of hydrogen-bond acceptors (Lipinski definition) is 4. The van der Waals surface area contributed by atoms with E-state index in [1.807, 2.05) is 0 Å². The summed E-state index contributed by atoms with van der Waals surface area (Å²) in [6.07, 6.45) is 0.577. The average molecular weight is 178 g/mol. The van der Waals surface area contributed by atoms with Gasteiger partial charge >= 0.3 is 0 Å². The van der Waals surface area contributed by atoms with Gasteiger partial charge in [0.05, 0.1) is 12.2 Å². The second-order valence-electron chi connectivity index (χ2n) is 2.91. The van der Waals surface area contributed by atoms with Gasteiger partial charge in [-0.15, -0.1) is 0 Å². The molecule has 0 radical (unpaired) electrons. The predicted molar refractivity (Wildman–Crippen MR) is 44.7 cm³/mol. The second kappa shape index (κ2) is 7.49. The summed E-state index contributed by atoms with van der Waals surface area (Å²) in [5.74, 6) is 0. The summed E-state index contributed by atoms with van der Waals surface area (Å²) in [6, 6.07) is 0. The fourth-order valence-corrected chi connectivity index (χ4v) is 0.971. The van der Waals surface area contributed by atoms with Gasteiger partial charge in [-0.25, -0.2) is 0 Å². The molecule has 0 saturated carbocycles. The van der Waals surface area contributed by atoms with Gasteiger partial charge in [0.25, 0.3) is 0 Å². The lowest BCUT2D eigenvalue weighted by Gasteiger charge is -2.11. The normalized spacial score (nSPS) is 16.0. The zero-order chi connectivity index (χ0) is 9.40. The molecule has 0 aliphatic carbocycles. The van der Waals surface area contributed by atoms with Crippen molar-refractivity contribution < 1.29 is 20.4 Å². The van der Waals surface area contributed by atoms with Gasteiger partial charge < -0.3 is 20.4 Å². The van der Waals surface area contributed by atoms with E-state index < -0.39 is 12.2 Å². The van der Waals surface area contributed by atoms with Gasteiger partial charge in [-0.3, -0.25) is 0 Å². The SMILES string of the molecule is OCCC(O)CCC(O)CCO. The van der Waals surface area contributed by atoms with E-state index in [2.05, 4.69) is 0 Å². The molecule has 0 aromatic rings. The monoisotopic (exact) mass is 178 g/mol. The maximum absolute atomic E-state index is 9.13. The highest BCUT2D eigenvalue weighted by Crippen LogP contribution is 2.06. The van der Waals surface area contributed by atoms with Crippen molar-refractivity contribution in [3.05, 3.63) is 0 Å². The molecule has 12 heavy (non-hydrogen) atoms. The van der Waals surface area contributed by atoms with Crippen LogP contribution in [-0.4, -0.2) is 45.8 Å². The van der Waals surface area contributed by atoms with Crippen LogP contribution in [0.4, 0.5) is 0 Å². The zero-order valence-corrected chi connectivity index (χ0v) is 7.19. The summed E-state index contributed by atoms with van der Waals surface area (Å²) in [5, 5.41) is 35.2. The third-order valence-corrected chi connectivity index (χ3v) is 1.76. The molecule has 0 aromatic carbocycles. The standard InChI is InChI=1S/C8H18O4/c9-5-3-7(11)1-2-8(12)4-6-10/h7-12H,1-6H2. The van der Waals surface area contributed by atoms with E-state index in [0.29, 0.717) is 25.7 Å². The highest BCUT2D eigenvalue weighted by atomic mass is 16.3. The minimum atomic E-state index is -0.539. The molecule has 2 atom stereocenters. The van der Waals surface area contributed by atoms with Crippen LogP contribution in [0.15, 0.2) is 0 Å². The van der Waals surface area contributed by atoms with Crippen LogP contribution in [-0.2, 0) is 0 Å². The van der Waals surface area contributed by atoms with E-state index >= 15 is 0 Å². The average Bonchev–Trinajstić information content (AvgIpc) is 2.02. The van der Waals surface area contributed by atoms with Crippen molar-refractivity contribution in [2.45, 2.75) is 37.9 Å². The minimum absolute atomic E-state index is 0.0305. The number of rotatable bonds is 7. The van der Waals surface area contributed by atoms with Gasteiger partial charge in [-0.1, -0.05) is 0 Å². The van der Waals surface area contributed by atoms with E-state index in [-0.39, 0.29) is 13.2 Å².